The van der Waals surface area contributed by atoms with E-state index >= 15 is 8.78 Å². The predicted molar refractivity (Wildman–Crippen MR) is 144 cm³/mol. The van der Waals surface area contributed by atoms with Crippen LogP contribution in [0.3, 0.4) is 0 Å². The molecule has 2 saturated heterocycles. The minimum absolute atomic E-state index is 0.0135. The minimum atomic E-state index is -5.17. The van der Waals surface area contributed by atoms with E-state index in [9.17, 15) is 24.0 Å². The van der Waals surface area contributed by atoms with Crippen LogP contribution in [0.1, 0.15) is 12.5 Å². The van der Waals surface area contributed by atoms with Gasteiger partial charge in [-0.05, 0) is 4.57 Å². The Balaban J connectivity index is 1.18. The van der Waals surface area contributed by atoms with Crippen molar-refractivity contribution in [3.8, 4) is 0 Å². The lowest BCUT2D eigenvalue weighted by Gasteiger charge is -2.23. The monoisotopic (exact) mass is 677 g/mol. The van der Waals surface area contributed by atoms with Crippen LogP contribution in [0.4, 0.5) is 20.4 Å². The number of alkyl halides is 2. The van der Waals surface area contributed by atoms with Gasteiger partial charge in [-0.1, -0.05) is 0 Å². The standard InChI is InChI=1S/C21H24F2N10O10P2/c22-10-14(39-7-44(35)36)9(42-20(10)32-5-30-12-16(24)26-3-28-18(12)32)2-40-45(37,38)43-15-8(1-34)41-21(11(15)23)33-6-31-13-17(25)27-4-29-19(13)33/h3-6,8-11,14-15,20-21,34H,1-2,7H2,(H5-,24,25,26,27,28,29,35,36,37,38)/p+1/t8-,9-,10?,11?,14?,15?,20-,21-/m1/s1. The summed E-state index contributed by atoms with van der Waals surface area (Å²) in [6.07, 6.45) is -9.66. The van der Waals surface area contributed by atoms with Crippen LogP contribution in [0.5, 0.6) is 0 Å². The van der Waals surface area contributed by atoms with Crippen LogP contribution >= 0.6 is 15.9 Å². The molecular weight excluding hydrogens is 652 g/mol. The molecule has 6 heterocycles. The number of nitrogens with zero attached hydrogens (tertiary/aromatic N) is 8. The van der Waals surface area contributed by atoms with Gasteiger partial charge in [0.1, 0.15) is 48.1 Å². The van der Waals surface area contributed by atoms with Crippen molar-refractivity contribution in [2.45, 2.75) is 49.2 Å². The van der Waals surface area contributed by atoms with Gasteiger partial charge in [-0.2, -0.15) is 4.89 Å². The second kappa shape index (κ2) is 12.4. The SMILES string of the molecule is Nc1ncnc2c1ncn2[C@@H]1O[C@H](COP(=O)(O)OC2C(F)[C@H](n3cnc4c(N)ncnc43)O[C@@H]2CO)C(OC[P+](=O)O)C1F. The van der Waals surface area contributed by atoms with Gasteiger partial charge in [-0.15, -0.1) is 0 Å². The highest BCUT2D eigenvalue weighted by molar-refractivity contribution is 7.47. The molecule has 0 radical (unpaired) electrons. The molecule has 0 saturated carbocycles. The number of fused-ring (bicyclic) bond motifs is 2. The highest BCUT2D eigenvalue weighted by Gasteiger charge is 2.52. The summed E-state index contributed by atoms with van der Waals surface area (Å²) in [7, 11) is -8.03. The molecule has 6 unspecified atom stereocenters. The zero-order chi connectivity index (χ0) is 32.0. The van der Waals surface area contributed by atoms with E-state index in [4.69, 9.17) is 34.7 Å². The van der Waals surface area contributed by atoms with Crippen molar-refractivity contribution < 1.29 is 56.1 Å². The van der Waals surface area contributed by atoms with Gasteiger partial charge >= 0.3 is 15.9 Å². The molecule has 0 aromatic carbocycles. The first kappa shape index (κ1) is 31.5. The van der Waals surface area contributed by atoms with E-state index in [1.807, 2.05) is 0 Å². The van der Waals surface area contributed by atoms with E-state index < -0.39 is 84.6 Å². The number of hydrogen-bond donors (Lipinski definition) is 5. The molecule has 0 aliphatic carbocycles. The highest BCUT2D eigenvalue weighted by Crippen LogP contribution is 2.50. The zero-order valence-corrected chi connectivity index (χ0v) is 24.4. The Morgan fingerprint density at radius 1 is 0.911 bits per heavy atom. The Kier molecular flexibility index (Phi) is 8.69. The average molecular weight is 677 g/mol. The molecule has 24 heteroatoms. The van der Waals surface area contributed by atoms with Crippen LogP contribution in [0.25, 0.3) is 22.3 Å². The van der Waals surface area contributed by atoms with Gasteiger partial charge in [0.2, 0.25) is 0 Å². The number of imidazole rings is 2. The van der Waals surface area contributed by atoms with E-state index in [2.05, 4.69) is 29.9 Å². The van der Waals surface area contributed by atoms with Crippen molar-refractivity contribution in [2.24, 2.45) is 0 Å². The summed E-state index contributed by atoms with van der Waals surface area (Å²) in [5.74, 6) is 0.0326. The van der Waals surface area contributed by atoms with Gasteiger partial charge < -0.3 is 35.7 Å². The highest BCUT2D eigenvalue weighted by atomic mass is 31.2. The minimum Gasteiger partial charge on any atom is -0.394 e. The fourth-order valence-electron chi connectivity index (χ4n) is 5.06. The average Bonchev–Trinajstić information content (AvgIpc) is 3.76. The third kappa shape index (κ3) is 5.97. The number of halogens is 2. The maximum atomic E-state index is 15.7. The van der Waals surface area contributed by atoms with E-state index in [1.54, 1.807) is 0 Å². The molecule has 0 amide bonds. The first-order valence-corrected chi connectivity index (χ1v) is 15.8. The summed E-state index contributed by atoms with van der Waals surface area (Å²) < 4.78 is 84.6. The Hall–Kier alpha value is -3.43. The fraction of sp³-hybridized carbons (Fsp3) is 0.524. The molecule has 242 valence electrons. The van der Waals surface area contributed by atoms with Gasteiger partial charge in [0.05, 0.1) is 25.9 Å². The summed E-state index contributed by atoms with van der Waals surface area (Å²) in [5, 5.41) is 9.80. The van der Waals surface area contributed by atoms with Crippen molar-refractivity contribution in [3.05, 3.63) is 25.3 Å². The topological polar surface area (TPSA) is 280 Å². The second-order valence-electron chi connectivity index (χ2n) is 9.81. The fourth-order valence-corrected chi connectivity index (χ4v) is 6.31. The Morgan fingerprint density at radius 2 is 1.44 bits per heavy atom. The predicted octanol–water partition coefficient (Wildman–Crippen LogP) is -0.126. The number of rotatable bonds is 11. The normalized spacial score (nSPS) is 30.3. The molecular formula is C21H25F2N10O10P2+. The summed E-state index contributed by atoms with van der Waals surface area (Å²) >= 11 is 0. The number of aliphatic hydroxyl groups excluding tert-OH is 1. The Bertz CT molecular complexity index is 1770. The molecule has 0 bridgehead atoms. The summed E-state index contributed by atoms with van der Waals surface area (Å²) in [6, 6.07) is 0. The number of hydrogen-bond acceptors (Lipinski definition) is 16. The van der Waals surface area contributed by atoms with Gasteiger partial charge in [0.25, 0.3) is 6.35 Å². The zero-order valence-electron chi connectivity index (χ0n) is 22.6. The first-order chi connectivity index (χ1) is 21.5. The molecule has 45 heavy (non-hydrogen) atoms. The molecule has 2 aliphatic rings. The smallest absolute Gasteiger partial charge is 0.394 e. The molecule has 2 fully saturated rings. The van der Waals surface area contributed by atoms with E-state index in [-0.39, 0.29) is 34.0 Å². The quantitative estimate of drug-likeness (QED) is 0.129. The maximum Gasteiger partial charge on any atom is 0.534 e. The van der Waals surface area contributed by atoms with E-state index in [0.717, 1.165) is 17.2 Å². The van der Waals surface area contributed by atoms with E-state index in [0.29, 0.717) is 0 Å². The molecule has 7 N–H and O–H groups in total. The summed E-state index contributed by atoms with van der Waals surface area (Å²) in [6.45, 7) is -1.67. The summed E-state index contributed by atoms with van der Waals surface area (Å²) in [5.41, 5.74) is 12.1. The van der Waals surface area contributed by atoms with Crippen molar-refractivity contribution in [3.63, 3.8) is 0 Å². The molecule has 0 spiro atoms. The number of aliphatic hydroxyl groups is 1. The number of nitrogen functional groups attached to an aromatic ring is 2. The second-order valence-corrected chi connectivity index (χ2v) is 12.2. The van der Waals surface area contributed by atoms with Gasteiger partial charge in [-0.25, -0.2) is 43.2 Å². The lowest BCUT2D eigenvalue weighted by atomic mass is 10.1. The van der Waals surface area contributed by atoms with Crippen LogP contribution in [0.15, 0.2) is 25.3 Å². The molecule has 10 atom stereocenters. The maximum absolute atomic E-state index is 15.7. The number of nitrogens with two attached hydrogens (primary N) is 2. The van der Waals surface area contributed by atoms with E-state index in [1.165, 1.54) is 17.2 Å². The molecule has 20 nitrogen and oxygen atoms in total. The Morgan fingerprint density at radius 3 is 1.98 bits per heavy atom. The third-order valence-corrected chi connectivity index (χ3v) is 8.43. The van der Waals surface area contributed by atoms with Crippen molar-refractivity contribution in [1.82, 2.24) is 39.0 Å². The van der Waals surface area contributed by atoms with Crippen molar-refractivity contribution >= 4 is 49.8 Å². The van der Waals surface area contributed by atoms with Crippen LogP contribution in [-0.2, 0) is 32.4 Å². The van der Waals surface area contributed by atoms with Crippen molar-refractivity contribution in [1.29, 1.82) is 0 Å². The molecule has 6 rings (SSSR count). The Labute approximate surface area is 250 Å². The largest absolute Gasteiger partial charge is 0.534 e. The lowest BCUT2D eigenvalue weighted by molar-refractivity contribution is -0.0618. The van der Waals surface area contributed by atoms with Gasteiger partial charge in [0, 0.05) is 0 Å². The van der Waals surface area contributed by atoms with Crippen LogP contribution in [0.2, 0.25) is 0 Å². The lowest BCUT2D eigenvalue weighted by Crippen LogP contribution is -2.35. The first-order valence-electron chi connectivity index (χ1n) is 13.0. The van der Waals surface area contributed by atoms with Crippen LogP contribution < -0.4 is 11.5 Å². The van der Waals surface area contributed by atoms with Crippen LogP contribution in [-0.4, -0.2) is 110 Å². The van der Waals surface area contributed by atoms with Gasteiger partial charge in [-0.3, -0.25) is 18.2 Å². The summed E-state index contributed by atoms with van der Waals surface area (Å²) in [4.78, 5) is 43.5. The third-order valence-electron chi connectivity index (χ3n) is 7.07. The number of ether oxygens (including phenoxy) is 3. The number of anilines is 2. The molecule has 4 aromatic heterocycles. The molecule has 2 aliphatic heterocycles. The van der Waals surface area contributed by atoms with Crippen molar-refractivity contribution in [2.75, 3.05) is 31.0 Å². The number of phosphoric ester groups is 1. The molecule has 4 aromatic rings. The van der Waals surface area contributed by atoms with Gasteiger partial charge in [0.15, 0.2) is 47.7 Å². The number of aromatic nitrogens is 8. The van der Waals surface area contributed by atoms with Crippen LogP contribution in [0, 0.1) is 0 Å². The number of phosphoric acid groups is 1.